The van der Waals surface area contributed by atoms with Crippen molar-refractivity contribution in [2.45, 2.75) is 18.8 Å². The van der Waals surface area contributed by atoms with Crippen LogP contribution in [0.3, 0.4) is 0 Å². The average molecular weight is 453 g/mol. The van der Waals surface area contributed by atoms with Crippen LogP contribution in [0.2, 0.25) is 0 Å². The fraction of sp³-hybridized carbons (Fsp3) is 0.450. The number of ether oxygens (including phenoxy) is 1. The van der Waals surface area contributed by atoms with Gasteiger partial charge in [-0.15, -0.1) is 0 Å². The van der Waals surface area contributed by atoms with E-state index in [1.54, 1.807) is 18.7 Å². The van der Waals surface area contributed by atoms with Gasteiger partial charge in [-0.2, -0.15) is 18.4 Å². The van der Waals surface area contributed by atoms with E-state index in [2.05, 4.69) is 10.2 Å². The van der Waals surface area contributed by atoms with Crippen molar-refractivity contribution in [2.24, 2.45) is 14.1 Å². The van der Waals surface area contributed by atoms with Crippen molar-refractivity contribution in [3.05, 3.63) is 51.2 Å². The molecule has 1 aliphatic heterocycles. The number of anilines is 1. The number of alkyl halides is 3. The van der Waals surface area contributed by atoms with E-state index < -0.39 is 11.7 Å². The fourth-order valence-corrected chi connectivity index (χ4v) is 3.67. The molecule has 0 aliphatic carbocycles. The molecule has 0 saturated carbocycles. The van der Waals surface area contributed by atoms with E-state index >= 15 is 0 Å². The fourth-order valence-electron chi connectivity index (χ4n) is 3.49. The van der Waals surface area contributed by atoms with Crippen LogP contribution in [-0.4, -0.2) is 46.4 Å². The normalized spacial score (nSPS) is 17.4. The summed E-state index contributed by atoms with van der Waals surface area (Å²) in [6.07, 6.45) is -4.53. The van der Waals surface area contributed by atoms with Crippen molar-refractivity contribution in [3.8, 4) is 6.07 Å². The first-order chi connectivity index (χ1) is 14.6. The summed E-state index contributed by atoms with van der Waals surface area (Å²) in [7, 11) is 3.36. The van der Waals surface area contributed by atoms with Crippen LogP contribution < -0.4 is 10.8 Å². The Morgan fingerprint density at radius 2 is 1.94 bits per heavy atom. The Kier molecular flexibility index (Phi) is 6.83. The molecule has 2 N–H and O–H groups in total. The number of rotatable bonds is 5. The maximum atomic E-state index is 12.7. The van der Waals surface area contributed by atoms with E-state index in [4.69, 9.17) is 22.4 Å². The molecule has 31 heavy (non-hydrogen) atoms. The van der Waals surface area contributed by atoms with E-state index in [0.29, 0.717) is 43.4 Å². The highest BCUT2D eigenvalue weighted by Gasteiger charge is 2.30. The number of benzene rings is 1. The third-order valence-corrected chi connectivity index (χ3v) is 5.79. The maximum Gasteiger partial charge on any atom is 0.416 e. The second kappa shape index (κ2) is 9.21. The van der Waals surface area contributed by atoms with Gasteiger partial charge in [-0.3, -0.25) is 10.3 Å². The molecular weight excluding hydrogens is 429 g/mol. The number of nitriles is 1. The number of morpholine rings is 1. The van der Waals surface area contributed by atoms with Gasteiger partial charge in [0.2, 0.25) is 0 Å². The van der Waals surface area contributed by atoms with Crippen molar-refractivity contribution in [3.63, 3.8) is 0 Å². The molecule has 166 valence electrons. The predicted molar refractivity (Wildman–Crippen MR) is 111 cm³/mol. The summed E-state index contributed by atoms with van der Waals surface area (Å²) in [5, 5.41) is 20.8. The summed E-state index contributed by atoms with van der Waals surface area (Å²) in [6.45, 7) is 2.65. The van der Waals surface area contributed by atoms with E-state index in [9.17, 15) is 18.4 Å². The second-order valence-electron chi connectivity index (χ2n) is 7.39. The zero-order chi connectivity index (χ0) is 22.8. The lowest BCUT2D eigenvalue weighted by Gasteiger charge is -2.33. The lowest BCUT2D eigenvalue weighted by atomic mass is 10.1. The Morgan fingerprint density at radius 3 is 2.55 bits per heavy atom. The highest BCUT2D eigenvalue weighted by molar-refractivity contribution is 7.71. The summed E-state index contributed by atoms with van der Waals surface area (Å²) in [5.74, 6) is 0.457. The molecule has 1 aromatic heterocycles. The zero-order valence-electron chi connectivity index (χ0n) is 17.2. The van der Waals surface area contributed by atoms with Gasteiger partial charge in [0.05, 0.1) is 18.3 Å². The smallest absolute Gasteiger partial charge is 0.374 e. The highest BCUT2D eigenvalue weighted by Crippen LogP contribution is 2.29. The van der Waals surface area contributed by atoms with Crippen molar-refractivity contribution < 1.29 is 17.9 Å². The Hall–Kier alpha value is -2.68. The number of nitrogens with one attached hydrogen (secondary N) is 2. The molecular formula is C20H23F3N6OS. The first-order valence-corrected chi connectivity index (χ1v) is 10.0. The molecule has 2 aromatic rings. The van der Waals surface area contributed by atoms with Gasteiger partial charge < -0.3 is 19.2 Å². The Balaban J connectivity index is 1.66. The van der Waals surface area contributed by atoms with Crippen LogP contribution in [0.4, 0.5) is 19.0 Å². The standard InChI is InChI=1S/C20H23F3N6OS/c1-27-17(25)16(9-24)18(28(2)19(27)31)26-10-15-12-29(7-8-30-15)11-13-3-5-14(6-4-13)20(21,22)23/h3-6,15,25-26H,7-8,10-12H2,1-2H3. The summed E-state index contributed by atoms with van der Waals surface area (Å²) in [4.78, 5) is 2.11. The van der Waals surface area contributed by atoms with Gasteiger partial charge >= 0.3 is 6.18 Å². The molecule has 3 rings (SSSR count). The topological polar surface area (TPSA) is 82.0 Å². The molecule has 0 bridgehead atoms. The van der Waals surface area contributed by atoms with Crippen LogP contribution in [-0.2, 0) is 31.6 Å². The van der Waals surface area contributed by atoms with E-state index in [1.165, 1.54) is 16.7 Å². The van der Waals surface area contributed by atoms with Crippen LogP contribution in [0.15, 0.2) is 24.3 Å². The lowest BCUT2D eigenvalue weighted by molar-refractivity contribution is -0.137. The maximum absolute atomic E-state index is 12.7. The Labute approximate surface area is 182 Å². The summed E-state index contributed by atoms with van der Waals surface area (Å²) in [5.41, 5.74) is 0.357. The molecule has 0 radical (unpaired) electrons. The van der Waals surface area contributed by atoms with Gasteiger partial charge in [0.1, 0.15) is 22.9 Å². The summed E-state index contributed by atoms with van der Waals surface area (Å²) < 4.78 is 47.5. The monoisotopic (exact) mass is 452 g/mol. The van der Waals surface area contributed by atoms with Crippen LogP contribution in [0.5, 0.6) is 0 Å². The van der Waals surface area contributed by atoms with Gasteiger partial charge in [-0.25, -0.2) is 0 Å². The van der Waals surface area contributed by atoms with Crippen molar-refractivity contribution in [1.82, 2.24) is 14.0 Å². The van der Waals surface area contributed by atoms with E-state index in [1.807, 2.05) is 6.07 Å². The first kappa shape index (κ1) is 23.0. The second-order valence-corrected chi connectivity index (χ2v) is 7.75. The number of aromatic nitrogens is 2. The third-order valence-electron chi connectivity index (χ3n) is 5.24. The van der Waals surface area contributed by atoms with Crippen LogP contribution in [0, 0.1) is 21.5 Å². The lowest BCUT2D eigenvalue weighted by Crippen LogP contribution is -2.45. The minimum absolute atomic E-state index is 0.0293. The molecule has 2 heterocycles. The quantitative estimate of drug-likeness (QED) is 0.682. The molecule has 1 aliphatic rings. The van der Waals surface area contributed by atoms with Crippen LogP contribution in [0.1, 0.15) is 16.7 Å². The van der Waals surface area contributed by atoms with Gasteiger partial charge in [0.15, 0.2) is 4.77 Å². The molecule has 1 atom stereocenters. The molecule has 11 heteroatoms. The molecule has 7 nitrogen and oxygen atoms in total. The van der Waals surface area contributed by atoms with Gasteiger partial charge in [-0.05, 0) is 29.9 Å². The van der Waals surface area contributed by atoms with Gasteiger partial charge in [-0.1, -0.05) is 12.1 Å². The molecule has 1 unspecified atom stereocenters. The Morgan fingerprint density at radius 1 is 1.26 bits per heavy atom. The molecule has 1 aromatic carbocycles. The van der Waals surface area contributed by atoms with Gasteiger partial charge in [0.25, 0.3) is 0 Å². The first-order valence-electron chi connectivity index (χ1n) is 9.60. The summed E-state index contributed by atoms with van der Waals surface area (Å²) in [6, 6.07) is 7.23. The zero-order valence-corrected chi connectivity index (χ0v) is 18.0. The molecule has 0 spiro atoms. The largest absolute Gasteiger partial charge is 0.416 e. The number of hydrogen-bond donors (Lipinski definition) is 2. The van der Waals surface area contributed by atoms with Gasteiger partial charge in [0, 0.05) is 40.3 Å². The van der Waals surface area contributed by atoms with Crippen LogP contribution >= 0.6 is 12.2 Å². The molecule has 1 saturated heterocycles. The number of halogens is 3. The van der Waals surface area contributed by atoms with Crippen molar-refractivity contribution in [1.29, 1.82) is 10.7 Å². The number of nitrogens with zero attached hydrogens (tertiary/aromatic N) is 4. The molecule has 0 amide bonds. The SMILES string of the molecule is Cn1c(NCC2CN(Cc3ccc(C(F)(F)F)cc3)CCO2)c(C#N)c(=N)n(C)c1=S. The van der Waals surface area contributed by atoms with E-state index in [0.717, 1.165) is 17.7 Å². The average Bonchev–Trinajstić information content (AvgIpc) is 2.74. The number of hydrogen-bond acceptors (Lipinski definition) is 6. The van der Waals surface area contributed by atoms with Crippen molar-refractivity contribution >= 4 is 18.0 Å². The van der Waals surface area contributed by atoms with E-state index in [-0.39, 0.29) is 17.2 Å². The van der Waals surface area contributed by atoms with Crippen LogP contribution in [0.25, 0.3) is 0 Å². The minimum Gasteiger partial charge on any atom is -0.374 e. The molecule has 1 fully saturated rings. The predicted octanol–water partition coefficient (Wildman–Crippen LogP) is 2.78. The summed E-state index contributed by atoms with van der Waals surface area (Å²) >= 11 is 5.32. The minimum atomic E-state index is -4.34. The highest BCUT2D eigenvalue weighted by atomic mass is 32.1. The Bertz CT molecular complexity index is 1100. The van der Waals surface area contributed by atoms with Crippen molar-refractivity contribution in [2.75, 3.05) is 31.6 Å². The third kappa shape index (κ3) is 5.15.